The topological polar surface area (TPSA) is 406 Å². The van der Waals surface area contributed by atoms with Gasteiger partial charge in [-0.2, -0.15) is 12.9 Å². The lowest BCUT2D eigenvalue weighted by Crippen LogP contribution is -2.36. The lowest BCUT2D eigenvalue weighted by atomic mass is 10.0. The predicted octanol–water partition coefficient (Wildman–Crippen LogP) is -0.251. The van der Waals surface area contributed by atoms with E-state index in [9.17, 15) is 57.5 Å². The zero-order chi connectivity index (χ0) is 36.7. The second kappa shape index (κ2) is 14.0. The number of anilines is 1. The number of carboxylic acids is 2. The molecule has 1 aliphatic rings. The Balaban J connectivity index is 1.62. The van der Waals surface area contributed by atoms with Gasteiger partial charge >= 0.3 is 49.2 Å². The van der Waals surface area contributed by atoms with E-state index in [1.54, 1.807) is 0 Å². The number of nitrogen functional groups attached to an aromatic ring is 1. The SMILES string of the molecule is Nc1ncnc2c1ncn2[C@@H]1O[C@H](COC(=O)c2ccc(C(=O)O)cc2C(=O)O)[C@@H](OP(=O)(O)OP(=O)(O)OP(=O)(O)OP(=O)(O)O)[C@H]1O. The zero-order valence-corrected chi connectivity index (χ0v) is 27.0. The Morgan fingerprint density at radius 3 is 2.12 bits per heavy atom. The first-order valence-corrected chi connectivity index (χ1v) is 18.4. The fourth-order valence-electron chi connectivity index (χ4n) is 4.14. The monoisotopic (exact) mass is 779 g/mol. The van der Waals surface area contributed by atoms with Gasteiger partial charge < -0.3 is 55.0 Å². The van der Waals surface area contributed by atoms with Crippen molar-refractivity contribution >= 4 is 66.2 Å². The number of imidazole rings is 1. The molecule has 0 radical (unpaired) electrons. The van der Waals surface area contributed by atoms with Gasteiger partial charge in [-0.25, -0.2) is 47.6 Å². The van der Waals surface area contributed by atoms with Crippen molar-refractivity contribution in [3.05, 3.63) is 47.5 Å². The van der Waals surface area contributed by atoms with Crippen molar-refractivity contribution in [2.24, 2.45) is 0 Å². The summed E-state index contributed by atoms with van der Waals surface area (Å²) in [6.45, 7) is -1.06. The summed E-state index contributed by atoms with van der Waals surface area (Å²) < 4.78 is 74.6. The molecule has 10 N–H and O–H groups in total. The van der Waals surface area contributed by atoms with Crippen LogP contribution >= 0.6 is 31.3 Å². The van der Waals surface area contributed by atoms with Gasteiger partial charge in [0.2, 0.25) is 0 Å². The van der Waals surface area contributed by atoms with Crippen LogP contribution in [0.4, 0.5) is 5.82 Å². The lowest BCUT2D eigenvalue weighted by Gasteiger charge is -2.24. The highest BCUT2D eigenvalue weighted by Gasteiger charge is 2.52. The predicted molar refractivity (Wildman–Crippen MR) is 150 cm³/mol. The van der Waals surface area contributed by atoms with Crippen LogP contribution in [0.1, 0.15) is 37.3 Å². The first kappa shape index (κ1) is 38.3. The second-order valence-electron chi connectivity index (χ2n) is 9.32. The molecule has 26 nitrogen and oxygen atoms in total. The number of carbonyl (C=O) groups excluding carboxylic acids is 1. The summed E-state index contributed by atoms with van der Waals surface area (Å²) in [4.78, 5) is 93.9. The lowest BCUT2D eigenvalue weighted by molar-refractivity contribution is -0.0562. The number of hydrogen-bond donors (Lipinski definition) is 9. The van der Waals surface area contributed by atoms with Crippen molar-refractivity contribution < 1.29 is 99.4 Å². The van der Waals surface area contributed by atoms with Gasteiger partial charge in [0.25, 0.3) is 0 Å². The summed E-state index contributed by atoms with van der Waals surface area (Å²) in [6.07, 6.45) is -5.91. The number of nitrogens with zero attached hydrogens (tertiary/aromatic N) is 4. The van der Waals surface area contributed by atoms with Crippen LogP contribution in [0, 0.1) is 0 Å². The van der Waals surface area contributed by atoms with Crippen LogP contribution in [0.5, 0.6) is 0 Å². The maximum absolute atomic E-state index is 12.9. The average molecular weight is 779 g/mol. The summed E-state index contributed by atoms with van der Waals surface area (Å²) in [7, 11) is -24.4. The van der Waals surface area contributed by atoms with Gasteiger partial charge in [0, 0.05) is 0 Å². The number of rotatable bonds is 14. The molecule has 1 fully saturated rings. The first-order valence-electron chi connectivity index (χ1n) is 12.4. The molecule has 0 aliphatic carbocycles. The van der Waals surface area contributed by atoms with E-state index in [0.717, 1.165) is 29.4 Å². The average Bonchev–Trinajstić information content (AvgIpc) is 3.50. The maximum Gasteiger partial charge on any atom is 0.490 e. The summed E-state index contributed by atoms with van der Waals surface area (Å²) >= 11 is 0. The normalized spacial score (nSPS) is 23.3. The van der Waals surface area contributed by atoms with Gasteiger partial charge in [-0.1, -0.05) is 0 Å². The van der Waals surface area contributed by atoms with Crippen LogP contribution in [-0.4, -0.2) is 102 Å². The number of hydrogen-bond acceptors (Lipinski definition) is 18. The molecule has 7 atom stereocenters. The Morgan fingerprint density at radius 1 is 0.878 bits per heavy atom. The zero-order valence-electron chi connectivity index (χ0n) is 23.4. The minimum Gasteiger partial charge on any atom is -0.478 e. The first-order chi connectivity index (χ1) is 22.5. The molecule has 3 aromatic rings. The van der Waals surface area contributed by atoms with E-state index in [-0.39, 0.29) is 17.0 Å². The number of nitrogens with two attached hydrogens (primary N) is 1. The fraction of sp³-hybridized carbons (Fsp3) is 0.263. The summed E-state index contributed by atoms with van der Waals surface area (Å²) in [6, 6.07) is 2.34. The molecule has 3 unspecified atom stereocenters. The highest BCUT2D eigenvalue weighted by atomic mass is 31.3. The number of phosphoric acid groups is 4. The molecule has 30 heteroatoms. The van der Waals surface area contributed by atoms with Crippen molar-refractivity contribution in [3.63, 3.8) is 0 Å². The molecular weight excluding hydrogens is 758 g/mol. The van der Waals surface area contributed by atoms with Gasteiger partial charge in [-0.05, 0) is 18.2 Å². The largest absolute Gasteiger partial charge is 0.490 e. The third kappa shape index (κ3) is 9.38. The number of phosphoric ester groups is 1. The Hall–Kier alpha value is -3.54. The molecule has 49 heavy (non-hydrogen) atoms. The molecule has 4 rings (SSSR count). The molecule has 268 valence electrons. The van der Waals surface area contributed by atoms with Gasteiger partial charge in [-0.3, -0.25) is 9.09 Å². The maximum atomic E-state index is 12.9. The van der Waals surface area contributed by atoms with E-state index in [2.05, 4.69) is 27.9 Å². The van der Waals surface area contributed by atoms with E-state index in [0.29, 0.717) is 6.07 Å². The Bertz CT molecular complexity index is 2000. The van der Waals surface area contributed by atoms with Crippen molar-refractivity contribution in [2.75, 3.05) is 12.3 Å². The van der Waals surface area contributed by atoms with E-state index in [1.165, 1.54) is 0 Å². The number of aromatic nitrogens is 4. The highest BCUT2D eigenvalue weighted by Crippen LogP contribution is 2.71. The summed E-state index contributed by atoms with van der Waals surface area (Å²) in [5, 5.41) is 29.7. The molecular formula is C19H21N5O21P4. The van der Waals surface area contributed by atoms with Crippen LogP contribution in [-0.2, 0) is 45.2 Å². The Morgan fingerprint density at radius 2 is 1.51 bits per heavy atom. The number of carbonyl (C=O) groups is 3. The number of aromatic carboxylic acids is 2. The summed E-state index contributed by atoms with van der Waals surface area (Å²) in [5.74, 6) is -4.80. The minimum absolute atomic E-state index is 0.0165. The van der Waals surface area contributed by atoms with E-state index >= 15 is 0 Å². The Kier molecular flexibility index (Phi) is 10.9. The van der Waals surface area contributed by atoms with Crippen LogP contribution in [0.25, 0.3) is 11.2 Å². The van der Waals surface area contributed by atoms with E-state index in [1.807, 2.05) is 0 Å². The molecule has 1 aromatic carbocycles. The van der Waals surface area contributed by atoms with E-state index in [4.69, 9.17) is 34.6 Å². The quantitative estimate of drug-likeness (QED) is 0.0752. The Labute approximate surface area is 269 Å². The molecule has 1 saturated heterocycles. The van der Waals surface area contributed by atoms with Crippen molar-refractivity contribution in [3.8, 4) is 0 Å². The molecule has 0 bridgehead atoms. The van der Waals surface area contributed by atoms with Gasteiger partial charge in [0.1, 0.15) is 36.8 Å². The number of ether oxygens (including phenoxy) is 2. The number of esters is 1. The number of carboxylic acid groups (broad SMARTS) is 2. The highest BCUT2D eigenvalue weighted by molar-refractivity contribution is 7.69. The van der Waals surface area contributed by atoms with Crippen molar-refractivity contribution in [1.29, 1.82) is 0 Å². The van der Waals surface area contributed by atoms with E-state index < -0.39 is 97.0 Å². The van der Waals surface area contributed by atoms with Crippen LogP contribution < -0.4 is 5.73 Å². The molecule has 3 heterocycles. The van der Waals surface area contributed by atoms with Crippen LogP contribution in [0.3, 0.4) is 0 Å². The van der Waals surface area contributed by atoms with Crippen molar-refractivity contribution in [1.82, 2.24) is 19.5 Å². The van der Waals surface area contributed by atoms with Crippen LogP contribution in [0.2, 0.25) is 0 Å². The number of aliphatic hydroxyl groups excluding tert-OH is 1. The smallest absolute Gasteiger partial charge is 0.478 e. The molecule has 1 aliphatic heterocycles. The molecule has 0 amide bonds. The fourth-order valence-corrected chi connectivity index (χ4v) is 8.79. The molecule has 0 spiro atoms. The number of fused-ring (bicyclic) bond motifs is 1. The third-order valence-electron chi connectivity index (χ3n) is 5.94. The minimum atomic E-state index is -6.29. The third-order valence-corrected chi connectivity index (χ3v) is 11.4. The number of benzene rings is 1. The van der Waals surface area contributed by atoms with Gasteiger partial charge in [-0.15, -0.1) is 0 Å². The summed E-state index contributed by atoms with van der Waals surface area (Å²) in [5.41, 5.74) is 3.67. The van der Waals surface area contributed by atoms with Crippen molar-refractivity contribution in [2.45, 2.75) is 24.5 Å². The number of aliphatic hydroxyl groups is 1. The molecule has 2 aromatic heterocycles. The van der Waals surface area contributed by atoms with Gasteiger partial charge in [0.15, 0.2) is 17.7 Å². The van der Waals surface area contributed by atoms with Gasteiger partial charge in [0.05, 0.1) is 23.0 Å². The standard InChI is InChI=1S/C19H21N5O21P4/c20-14-11-15(22-5-21-14)24(6-23-11)16-12(25)13(42-47(34,35)44-49(38,39)45-48(36,37)43-46(31,32)33)10(41-16)4-40-19(30)8-2-1-7(17(26)27)3-9(8)18(28)29/h1-3,5-6,10,12-13,16,25H,4H2,(H,26,27)(H,28,29)(H,34,35)(H,36,37)(H,38,39)(H2,20,21,22)(H2,31,32,33)/t10-,12-,13-,16-/m1/s1. The second-order valence-corrected chi connectivity index (χ2v) is 15.3. The van der Waals surface area contributed by atoms with Crippen LogP contribution in [0.15, 0.2) is 30.9 Å². The molecule has 0 saturated carbocycles.